The molecule has 0 fully saturated rings. The zero-order valence-corrected chi connectivity index (χ0v) is 18.6. The van der Waals surface area contributed by atoms with Gasteiger partial charge in [0.25, 0.3) is 0 Å². The smallest absolute Gasteiger partial charge is 0.243 e. The number of amides is 1. The molecule has 0 atom stereocenters. The first-order chi connectivity index (χ1) is 10.7. The molecule has 0 aliphatic rings. The fraction of sp³-hybridized carbons (Fsp3) is 0.688. The number of hydrogen-bond acceptors (Lipinski definition) is 4. The summed E-state index contributed by atoms with van der Waals surface area (Å²) in [6.07, 6.45) is 0.840. The molecule has 138 valence electrons. The van der Waals surface area contributed by atoms with Crippen LogP contribution < -0.4 is 10.6 Å². The van der Waals surface area contributed by atoms with Crippen molar-refractivity contribution in [3.05, 3.63) is 16.1 Å². The summed E-state index contributed by atoms with van der Waals surface area (Å²) in [5, 5.41) is 9.63. The third-order valence-corrected chi connectivity index (χ3v) is 4.08. The lowest BCUT2D eigenvalue weighted by atomic mass is 9.93. The van der Waals surface area contributed by atoms with Crippen molar-refractivity contribution < 1.29 is 4.79 Å². The van der Waals surface area contributed by atoms with Crippen molar-refractivity contribution in [2.45, 2.75) is 39.5 Å². The number of nitrogens with one attached hydrogen (secondary N) is 2. The van der Waals surface area contributed by atoms with Crippen LogP contribution in [-0.2, 0) is 16.6 Å². The normalized spacial score (nSPS) is 11.7. The zero-order chi connectivity index (χ0) is 17.5. The van der Waals surface area contributed by atoms with Crippen LogP contribution in [0.25, 0.3) is 0 Å². The van der Waals surface area contributed by atoms with Crippen LogP contribution in [0.15, 0.2) is 10.4 Å². The van der Waals surface area contributed by atoms with E-state index in [1.165, 1.54) is 4.90 Å². The van der Waals surface area contributed by atoms with Gasteiger partial charge in [-0.1, -0.05) is 20.8 Å². The molecule has 0 radical (unpaired) electrons. The first-order valence-corrected chi connectivity index (χ1v) is 8.79. The number of aliphatic imine (C=N–C) groups is 1. The molecule has 0 unspecified atom stereocenters. The summed E-state index contributed by atoms with van der Waals surface area (Å²) in [5.74, 6) is 0.646. The molecule has 1 aromatic heterocycles. The Morgan fingerprint density at radius 3 is 2.50 bits per heavy atom. The molecule has 0 aliphatic heterocycles. The molecule has 1 aromatic rings. The molecule has 6 nitrogen and oxygen atoms in total. The summed E-state index contributed by atoms with van der Waals surface area (Å²) in [7, 11) is 3.46. The number of nitrogens with zero attached hydrogens (tertiary/aromatic N) is 3. The minimum Gasteiger partial charge on any atom is -0.357 e. The van der Waals surface area contributed by atoms with Crippen LogP contribution in [0.3, 0.4) is 0 Å². The summed E-state index contributed by atoms with van der Waals surface area (Å²) < 4.78 is 0. The minimum absolute atomic E-state index is 0. The average Bonchev–Trinajstić information content (AvgIpc) is 2.93. The lowest BCUT2D eigenvalue weighted by molar-refractivity contribution is -0.127. The van der Waals surface area contributed by atoms with E-state index in [-0.39, 0.29) is 41.8 Å². The Morgan fingerprint density at radius 2 is 2.00 bits per heavy atom. The van der Waals surface area contributed by atoms with Crippen molar-refractivity contribution in [3.8, 4) is 0 Å². The van der Waals surface area contributed by atoms with Gasteiger partial charge in [-0.2, -0.15) is 0 Å². The van der Waals surface area contributed by atoms with Gasteiger partial charge in [-0.3, -0.25) is 4.79 Å². The lowest BCUT2D eigenvalue weighted by Gasteiger charge is -2.14. The third kappa shape index (κ3) is 8.27. The van der Waals surface area contributed by atoms with Crippen LogP contribution >= 0.6 is 35.3 Å². The number of carbonyl (C=O) groups is 1. The number of hydrogen-bond donors (Lipinski definition) is 2. The van der Waals surface area contributed by atoms with E-state index in [1.807, 2.05) is 6.92 Å². The first-order valence-electron chi connectivity index (χ1n) is 7.91. The van der Waals surface area contributed by atoms with Crippen LogP contribution in [0, 0.1) is 0 Å². The van der Waals surface area contributed by atoms with Crippen molar-refractivity contribution in [1.82, 2.24) is 20.5 Å². The quantitative estimate of drug-likeness (QED) is 0.383. The molecule has 1 rings (SSSR count). The monoisotopic (exact) mass is 467 g/mol. The predicted molar refractivity (Wildman–Crippen MR) is 113 cm³/mol. The van der Waals surface area contributed by atoms with E-state index in [2.05, 4.69) is 46.8 Å². The highest BCUT2D eigenvalue weighted by atomic mass is 127. The maximum absolute atomic E-state index is 11.6. The van der Waals surface area contributed by atoms with Crippen LogP contribution in [0.2, 0.25) is 0 Å². The van der Waals surface area contributed by atoms with Crippen molar-refractivity contribution in [1.29, 1.82) is 0 Å². The van der Waals surface area contributed by atoms with Gasteiger partial charge in [0.2, 0.25) is 5.91 Å². The van der Waals surface area contributed by atoms with E-state index >= 15 is 0 Å². The predicted octanol–water partition coefficient (Wildman–Crippen LogP) is 2.24. The van der Waals surface area contributed by atoms with Gasteiger partial charge in [0.1, 0.15) is 6.54 Å². The number of thiazole rings is 1. The van der Waals surface area contributed by atoms with Gasteiger partial charge in [0.15, 0.2) is 5.96 Å². The number of guanidine groups is 1. The maximum atomic E-state index is 11.6. The topological polar surface area (TPSA) is 69.6 Å². The van der Waals surface area contributed by atoms with Gasteiger partial charge in [0, 0.05) is 44.4 Å². The van der Waals surface area contributed by atoms with Crippen molar-refractivity contribution >= 4 is 47.2 Å². The molecule has 1 heterocycles. The first kappa shape index (κ1) is 23.1. The summed E-state index contributed by atoms with van der Waals surface area (Å²) in [6.45, 7) is 10.1. The number of aromatic nitrogens is 1. The number of likely N-dealkylation sites (N-methyl/N-ethyl adjacent to an activating group) is 1. The zero-order valence-electron chi connectivity index (χ0n) is 15.5. The van der Waals surface area contributed by atoms with Crippen LogP contribution in [0.1, 0.15) is 38.4 Å². The van der Waals surface area contributed by atoms with E-state index < -0.39 is 0 Å². The van der Waals surface area contributed by atoms with Crippen LogP contribution in [-0.4, -0.2) is 55.5 Å². The highest BCUT2D eigenvalue weighted by Gasteiger charge is 2.17. The van der Waals surface area contributed by atoms with Gasteiger partial charge in [-0.05, 0) is 6.92 Å². The fourth-order valence-corrected chi connectivity index (χ4v) is 2.71. The number of rotatable bonds is 6. The van der Waals surface area contributed by atoms with Gasteiger partial charge in [-0.25, -0.2) is 9.98 Å². The van der Waals surface area contributed by atoms with Gasteiger partial charge >= 0.3 is 0 Å². The molecule has 0 aromatic carbocycles. The highest BCUT2D eigenvalue weighted by molar-refractivity contribution is 14.0. The maximum Gasteiger partial charge on any atom is 0.243 e. The summed E-state index contributed by atoms with van der Waals surface area (Å²) in [5.41, 5.74) is 1.22. The standard InChI is InChI=1S/C16H29N5OS.HI/c1-7-17-15(19-10-14(22)21(5)6)18-9-8-13-20-12(11-23-13)16(2,3)4;/h11H,7-10H2,1-6H3,(H2,17,18,19);1H. The Labute approximate surface area is 166 Å². The van der Waals surface area contributed by atoms with E-state index in [1.54, 1.807) is 25.4 Å². The molecular weight excluding hydrogens is 437 g/mol. The van der Waals surface area contributed by atoms with Gasteiger partial charge < -0.3 is 15.5 Å². The average molecular weight is 467 g/mol. The minimum atomic E-state index is -0.0167. The third-order valence-electron chi connectivity index (χ3n) is 3.17. The summed E-state index contributed by atoms with van der Waals surface area (Å²) in [6, 6.07) is 0. The van der Waals surface area contributed by atoms with Crippen LogP contribution in [0.5, 0.6) is 0 Å². The molecule has 0 saturated heterocycles. The Morgan fingerprint density at radius 1 is 1.33 bits per heavy atom. The Kier molecular flexibility index (Phi) is 10.5. The molecule has 2 N–H and O–H groups in total. The second kappa shape index (κ2) is 10.9. The summed E-state index contributed by atoms with van der Waals surface area (Å²) >= 11 is 1.69. The fourth-order valence-electron chi connectivity index (χ4n) is 1.69. The summed E-state index contributed by atoms with van der Waals surface area (Å²) in [4.78, 5) is 22.1. The van der Waals surface area contributed by atoms with E-state index in [4.69, 9.17) is 0 Å². The number of carbonyl (C=O) groups excluding carboxylic acids is 1. The molecule has 1 amide bonds. The molecule has 0 bridgehead atoms. The number of halogens is 1. The molecule has 0 saturated carbocycles. The lowest BCUT2D eigenvalue weighted by Crippen LogP contribution is -2.39. The second-order valence-electron chi connectivity index (χ2n) is 6.54. The molecule has 8 heteroatoms. The van der Waals surface area contributed by atoms with Gasteiger partial charge in [0.05, 0.1) is 10.7 Å². The Balaban J connectivity index is 0.00000529. The second-order valence-corrected chi connectivity index (χ2v) is 7.48. The molecule has 0 aliphatic carbocycles. The van der Waals surface area contributed by atoms with E-state index in [0.717, 1.165) is 30.2 Å². The SMILES string of the molecule is CCNC(=NCC(=O)N(C)C)NCCc1nc(C(C)(C)C)cs1.I. The van der Waals surface area contributed by atoms with Crippen molar-refractivity contribution in [2.75, 3.05) is 33.7 Å². The van der Waals surface area contributed by atoms with Crippen molar-refractivity contribution in [2.24, 2.45) is 4.99 Å². The van der Waals surface area contributed by atoms with E-state index in [9.17, 15) is 4.79 Å². The van der Waals surface area contributed by atoms with E-state index in [0.29, 0.717) is 5.96 Å². The molecule has 24 heavy (non-hydrogen) atoms. The van der Waals surface area contributed by atoms with Crippen LogP contribution in [0.4, 0.5) is 0 Å². The van der Waals surface area contributed by atoms with Gasteiger partial charge in [-0.15, -0.1) is 35.3 Å². The molecule has 0 spiro atoms. The molecular formula is C16H30IN5OS. The Hall–Kier alpha value is -0.900. The highest BCUT2D eigenvalue weighted by Crippen LogP contribution is 2.23. The Bertz CT molecular complexity index is 537. The van der Waals surface area contributed by atoms with Crippen molar-refractivity contribution in [3.63, 3.8) is 0 Å². The largest absolute Gasteiger partial charge is 0.357 e.